The van der Waals surface area contributed by atoms with Gasteiger partial charge >= 0.3 is 0 Å². The van der Waals surface area contributed by atoms with Crippen molar-refractivity contribution in [2.75, 3.05) is 38.5 Å². The molecule has 0 aromatic carbocycles. The van der Waals surface area contributed by atoms with Crippen molar-refractivity contribution in [2.45, 2.75) is 83.6 Å². The van der Waals surface area contributed by atoms with Gasteiger partial charge < -0.3 is 9.64 Å². The van der Waals surface area contributed by atoms with E-state index in [4.69, 9.17) is 4.74 Å². The number of hydrogen-bond donors (Lipinski definition) is 0. The molecule has 3 saturated heterocycles. The molecule has 3 fully saturated rings. The second-order valence-corrected chi connectivity index (χ2v) is 10.9. The lowest BCUT2D eigenvalue weighted by Gasteiger charge is -2.38. The predicted octanol–water partition coefficient (Wildman–Crippen LogP) is 1.68. The molecule has 1 amide bonds. The number of piperidine rings is 1. The molecule has 0 aromatic rings. The molecule has 3 heterocycles. The maximum absolute atomic E-state index is 13.1. The Bertz CT molecular complexity index is 631. The van der Waals surface area contributed by atoms with Crippen LogP contribution in [-0.2, 0) is 19.6 Å². The third kappa shape index (κ3) is 5.46. The Balaban J connectivity index is 1.58. The van der Waals surface area contributed by atoms with E-state index in [1.165, 1.54) is 0 Å². The van der Waals surface area contributed by atoms with Crippen molar-refractivity contribution < 1.29 is 17.9 Å². The van der Waals surface area contributed by atoms with Crippen LogP contribution in [0.15, 0.2) is 0 Å². The zero-order chi connectivity index (χ0) is 20.3. The van der Waals surface area contributed by atoms with Crippen molar-refractivity contribution >= 4 is 15.9 Å². The van der Waals surface area contributed by atoms with Gasteiger partial charge in [0, 0.05) is 51.7 Å². The minimum atomic E-state index is -3.30. The van der Waals surface area contributed by atoms with Crippen LogP contribution in [0.3, 0.4) is 0 Å². The molecule has 3 aliphatic rings. The van der Waals surface area contributed by atoms with Gasteiger partial charge in [-0.25, -0.2) is 8.42 Å². The quantitative estimate of drug-likeness (QED) is 0.660. The molecular formula is C20H37N3O4S. The van der Waals surface area contributed by atoms with E-state index in [0.29, 0.717) is 13.0 Å². The summed E-state index contributed by atoms with van der Waals surface area (Å²) in [5, 5.41) is 0. The number of carbonyl (C=O) groups is 1. The van der Waals surface area contributed by atoms with E-state index in [1.807, 2.05) is 4.90 Å². The Morgan fingerprint density at radius 3 is 2.36 bits per heavy atom. The maximum Gasteiger partial charge on any atom is 0.219 e. The number of nitrogens with zero attached hydrogens (tertiary/aromatic N) is 3. The van der Waals surface area contributed by atoms with Gasteiger partial charge in [0.05, 0.1) is 18.0 Å². The standard InChI is InChI=1S/C20H37N3O4S/c1-16-13-21(14-17(2)27-16)15-20-8-6-11-23(20)28(25,26)12-9-19-7-4-5-10-22(19)18(3)24/h16-17,19-20H,4-15H2,1-3H3/t16-,17+,19-,20+/m1/s1. The summed E-state index contributed by atoms with van der Waals surface area (Å²) < 4.78 is 33.8. The van der Waals surface area contributed by atoms with Crippen LogP contribution < -0.4 is 0 Å². The SMILES string of the molecule is CC(=O)N1CCCC[C@@H]1CCS(=O)(=O)N1CCC[C@H]1CN1C[C@@H](C)O[C@@H](C)C1. The monoisotopic (exact) mass is 415 g/mol. The molecule has 0 unspecified atom stereocenters. The fraction of sp³-hybridized carbons (Fsp3) is 0.950. The molecule has 3 rings (SSSR count). The predicted molar refractivity (Wildman–Crippen MR) is 110 cm³/mol. The highest BCUT2D eigenvalue weighted by Gasteiger charge is 2.37. The van der Waals surface area contributed by atoms with E-state index in [0.717, 1.165) is 58.3 Å². The summed E-state index contributed by atoms with van der Waals surface area (Å²) in [4.78, 5) is 16.1. The number of rotatable bonds is 6. The number of morpholine rings is 1. The van der Waals surface area contributed by atoms with Gasteiger partial charge in [-0.1, -0.05) is 0 Å². The molecule has 0 bridgehead atoms. The first-order valence-corrected chi connectivity index (χ1v) is 12.5. The fourth-order valence-electron chi connectivity index (χ4n) is 5.21. The van der Waals surface area contributed by atoms with Gasteiger partial charge in [-0.05, 0) is 52.4 Å². The van der Waals surface area contributed by atoms with Gasteiger partial charge in [-0.2, -0.15) is 4.31 Å². The molecule has 0 spiro atoms. The molecule has 4 atom stereocenters. The molecule has 0 saturated carbocycles. The Morgan fingerprint density at radius 1 is 1.00 bits per heavy atom. The van der Waals surface area contributed by atoms with Gasteiger partial charge in [-0.3, -0.25) is 9.69 Å². The summed E-state index contributed by atoms with van der Waals surface area (Å²) in [5.41, 5.74) is 0. The van der Waals surface area contributed by atoms with Gasteiger partial charge in [0.1, 0.15) is 0 Å². The first kappa shape index (κ1) is 22.0. The van der Waals surface area contributed by atoms with Crippen molar-refractivity contribution in [3.8, 4) is 0 Å². The van der Waals surface area contributed by atoms with Crippen LogP contribution in [0.5, 0.6) is 0 Å². The summed E-state index contributed by atoms with van der Waals surface area (Å²) in [6.07, 6.45) is 5.82. The number of carbonyl (C=O) groups excluding carboxylic acids is 1. The van der Waals surface area contributed by atoms with Gasteiger partial charge in [0.15, 0.2) is 0 Å². The largest absolute Gasteiger partial charge is 0.373 e. The minimum absolute atomic E-state index is 0.0664. The first-order valence-electron chi connectivity index (χ1n) is 10.9. The van der Waals surface area contributed by atoms with E-state index in [9.17, 15) is 13.2 Å². The summed E-state index contributed by atoms with van der Waals surface area (Å²) in [7, 11) is -3.30. The normalized spacial score (nSPS) is 33.3. The summed E-state index contributed by atoms with van der Waals surface area (Å²) in [5.74, 6) is 0.213. The Labute approximate surface area is 170 Å². The second kappa shape index (κ2) is 9.41. The van der Waals surface area contributed by atoms with Crippen molar-refractivity contribution in [3.05, 3.63) is 0 Å². The smallest absolute Gasteiger partial charge is 0.219 e. The van der Waals surface area contributed by atoms with Crippen molar-refractivity contribution in [2.24, 2.45) is 0 Å². The summed E-state index contributed by atoms with van der Waals surface area (Å²) in [6, 6.07) is 0.140. The third-order valence-electron chi connectivity index (χ3n) is 6.39. The summed E-state index contributed by atoms with van der Waals surface area (Å²) in [6.45, 7) is 9.67. The second-order valence-electron chi connectivity index (χ2n) is 8.85. The van der Waals surface area contributed by atoms with Crippen LogP contribution in [0.25, 0.3) is 0 Å². The lowest BCUT2D eigenvalue weighted by molar-refractivity contribution is -0.132. The Hall–Kier alpha value is -0.700. The van der Waals surface area contributed by atoms with Gasteiger partial charge in [-0.15, -0.1) is 0 Å². The highest BCUT2D eigenvalue weighted by Crippen LogP contribution is 2.26. The minimum Gasteiger partial charge on any atom is -0.373 e. The van der Waals surface area contributed by atoms with Crippen LogP contribution in [-0.4, -0.2) is 91.2 Å². The molecular weight excluding hydrogens is 378 g/mol. The Morgan fingerprint density at radius 2 is 1.68 bits per heavy atom. The van der Waals surface area contributed by atoms with E-state index in [1.54, 1.807) is 11.2 Å². The first-order chi connectivity index (χ1) is 13.3. The number of likely N-dealkylation sites (tertiary alicyclic amines) is 1. The molecule has 162 valence electrons. The van der Waals surface area contributed by atoms with E-state index in [-0.39, 0.29) is 36.0 Å². The number of ether oxygens (including phenoxy) is 1. The molecule has 0 aliphatic carbocycles. The van der Waals surface area contributed by atoms with Crippen LogP contribution in [0.2, 0.25) is 0 Å². The van der Waals surface area contributed by atoms with Crippen molar-refractivity contribution in [1.29, 1.82) is 0 Å². The van der Waals surface area contributed by atoms with E-state index >= 15 is 0 Å². The van der Waals surface area contributed by atoms with Crippen molar-refractivity contribution in [3.63, 3.8) is 0 Å². The topological polar surface area (TPSA) is 70.2 Å². The zero-order valence-electron chi connectivity index (χ0n) is 17.7. The highest BCUT2D eigenvalue weighted by molar-refractivity contribution is 7.89. The van der Waals surface area contributed by atoms with E-state index in [2.05, 4.69) is 18.7 Å². The molecule has 3 aliphatic heterocycles. The highest BCUT2D eigenvalue weighted by atomic mass is 32.2. The lowest BCUT2D eigenvalue weighted by atomic mass is 10.00. The van der Waals surface area contributed by atoms with Crippen LogP contribution in [0, 0.1) is 0 Å². The number of hydrogen-bond acceptors (Lipinski definition) is 5. The molecule has 0 N–H and O–H groups in total. The van der Waals surface area contributed by atoms with Gasteiger partial charge in [0.25, 0.3) is 0 Å². The average molecular weight is 416 g/mol. The third-order valence-corrected chi connectivity index (χ3v) is 8.33. The van der Waals surface area contributed by atoms with Crippen LogP contribution in [0.1, 0.15) is 59.3 Å². The summed E-state index contributed by atoms with van der Waals surface area (Å²) >= 11 is 0. The molecule has 0 aromatic heterocycles. The lowest BCUT2D eigenvalue weighted by Crippen LogP contribution is -2.51. The van der Waals surface area contributed by atoms with Gasteiger partial charge in [0.2, 0.25) is 15.9 Å². The average Bonchev–Trinajstić information content (AvgIpc) is 3.08. The number of amides is 1. The molecule has 0 radical (unpaired) electrons. The molecule has 28 heavy (non-hydrogen) atoms. The van der Waals surface area contributed by atoms with Crippen LogP contribution >= 0.6 is 0 Å². The zero-order valence-corrected chi connectivity index (χ0v) is 18.5. The molecule has 8 heteroatoms. The maximum atomic E-state index is 13.1. The Kier molecular flexibility index (Phi) is 7.39. The van der Waals surface area contributed by atoms with E-state index < -0.39 is 10.0 Å². The number of sulfonamides is 1. The molecule has 7 nitrogen and oxygen atoms in total. The van der Waals surface area contributed by atoms with Crippen molar-refractivity contribution in [1.82, 2.24) is 14.1 Å². The van der Waals surface area contributed by atoms with Crippen LogP contribution in [0.4, 0.5) is 0 Å². The fourth-order valence-corrected chi connectivity index (χ4v) is 7.04.